The van der Waals surface area contributed by atoms with Crippen LogP contribution in [0.25, 0.3) is 0 Å². The second-order valence-electron chi connectivity index (χ2n) is 1.40. The first kappa shape index (κ1) is 6.70. The lowest BCUT2D eigenvalue weighted by molar-refractivity contribution is 1.29. The topological polar surface area (TPSA) is 62.8 Å². The van der Waals surface area contributed by atoms with Gasteiger partial charge in [0.2, 0.25) is 0 Å². The van der Waals surface area contributed by atoms with Gasteiger partial charge in [-0.25, -0.2) is 4.98 Å². The molecule has 1 aromatic heterocycles. The Morgan fingerprint density at radius 3 is 2.78 bits per heavy atom. The molecule has 0 aliphatic carbocycles. The maximum Gasteiger partial charge on any atom is 0.159 e. The lowest BCUT2D eigenvalue weighted by atomic mass is 10.5. The summed E-state index contributed by atoms with van der Waals surface area (Å²) in [4.78, 5) is 3.90. The summed E-state index contributed by atoms with van der Waals surface area (Å²) in [6.07, 6.45) is 0. The second kappa shape index (κ2) is 2.45. The van der Waals surface area contributed by atoms with Gasteiger partial charge in [-0.05, 0) is 15.9 Å². The van der Waals surface area contributed by atoms with E-state index in [1.165, 1.54) is 11.3 Å². The molecule has 0 amide bonds. The quantitative estimate of drug-likeness (QED) is 0.535. The van der Waals surface area contributed by atoms with Gasteiger partial charge in [-0.2, -0.15) is 0 Å². The lowest BCUT2D eigenvalue weighted by Crippen LogP contribution is -2.10. The van der Waals surface area contributed by atoms with Crippen molar-refractivity contribution in [2.45, 2.75) is 0 Å². The van der Waals surface area contributed by atoms with Gasteiger partial charge >= 0.3 is 0 Å². The van der Waals surface area contributed by atoms with Crippen molar-refractivity contribution in [3.8, 4) is 0 Å². The first-order chi connectivity index (χ1) is 4.20. The smallest absolute Gasteiger partial charge is 0.159 e. The van der Waals surface area contributed by atoms with E-state index in [-0.39, 0.29) is 5.84 Å². The van der Waals surface area contributed by atoms with Crippen LogP contribution in [0.5, 0.6) is 0 Å². The third kappa shape index (κ3) is 1.49. The van der Waals surface area contributed by atoms with E-state index in [1.807, 2.05) is 0 Å². The van der Waals surface area contributed by atoms with Crippen LogP contribution in [-0.4, -0.2) is 10.8 Å². The third-order valence-electron chi connectivity index (χ3n) is 0.752. The molecule has 0 saturated carbocycles. The molecule has 1 heterocycles. The molecule has 0 bridgehead atoms. The highest BCUT2D eigenvalue weighted by atomic mass is 79.9. The van der Waals surface area contributed by atoms with Crippen LogP contribution in [-0.2, 0) is 0 Å². The first-order valence-electron chi connectivity index (χ1n) is 2.15. The van der Waals surface area contributed by atoms with Crippen LogP contribution in [0, 0.1) is 5.41 Å². The normalized spacial score (nSPS) is 9.44. The van der Waals surface area contributed by atoms with Gasteiger partial charge in [-0.3, -0.25) is 5.41 Å². The van der Waals surface area contributed by atoms with Crippen molar-refractivity contribution in [1.29, 1.82) is 5.41 Å². The number of thiazole rings is 1. The van der Waals surface area contributed by atoms with Crippen LogP contribution < -0.4 is 5.73 Å². The zero-order valence-corrected chi connectivity index (χ0v) is 6.79. The Labute approximate surface area is 64.5 Å². The first-order valence-corrected chi connectivity index (χ1v) is 3.83. The van der Waals surface area contributed by atoms with E-state index in [0.717, 1.165) is 3.92 Å². The number of aromatic nitrogens is 1. The van der Waals surface area contributed by atoms with Gasteiger partial charge in [0.05, 0.1) is 0 Å². The lowest BCUT2D eigenvalue weighted by Gasteiger charge is -1.84. The summed E-state index contributed by atoms with van der Waals surface area (Å²) in [5.41, 5.74) is 5.67. The molecule has 0 spiro atoms. The van der Waals surface area contributed by atoms with E-state index in [4.69, 9.17) is 11.1 Å². The van der Waals surface area contributed by atoms with Crippen molar-refractivity contribution < 1.29 is 0 Å². The Morgan fingerprint density at radius 2 is 2.56 bits per heavy atom. The summed E-state index contributed by atoms with van der Waals surface area (Å²) in [5.74, 6) is 0.0111. The van der Waals surface area contributed by atoms with Crippen molar-refractivity contribution in [1.82, 2.24) is 4.98 Å². The predicted molar refractivity (Wildman–Crippen MR) is 40.8 cm³/mol. The molecule has 0 fully saturated rings. The zero-order chi connectivity index (χ0) is 6.85. The van der Waals surface area contributed by atoms with Gasteiger partial charge in [0, 0.05) is 5.38 Å². The zero-order valence-electron chi connectivity index (χ0n) is 4.39. The monoisotopic (exact) mass is 205 g/mol. The molecule has 1 rings (SSSR count). The summed E-state index contributed by atoms with van der Waals surface area (Å²) >= 11 is 4.57. The Kier molecular flexibility index (Phi) is 1.82. The van der Waals surface area contributed by atoms with Crippen molar-refractivity contribution >= 4 is 33.1 Å². The largest absolute Gasteiger partial charge is 0.382 e. The number of halogens is 1. The molecule has 1 aromatic rings. The maximum absolute atomic E-state index is 6.95. The number of hydrogen-bond acceptors (Lipinski definition) is 3. The molecule has 5 heteroatoms. The minimum absolute atomic E-state index is 0.0111. The average Bonchev–Trinajstić information content (AvgIpc) is 2.14. The Hall–Kier alpha value is -0.420. The highest BCUT2D eigenvalue weighted by Crippen LogP contribution is 2.14. The molecule has 0 aliphatic heterocycles. The molecule has 9 heavy (non-hydrogen) atoms. The van der Waals surface area contributed by atoms with Crippen molar-refractivity contribution in [2.24, 2.45) is 5.73 Å². The van der Waals surface area contributed by atoms with E-state index in [0.29, 0.717) is 5.69 Å². The van der Waals surface area contributed by atoms with Crippen LogP contribution in [0.2, 0.25) is 0 Å². The van der Waals surface area contributed by atoms with Crippen molar-refractivity contribution in [2.75, 3.05) is 0 Å². The summed E-state index contributed by atoms with van der Waals surface area (Å²) in [5, 5.41) is 8.68. The van der Waals surface area contributed by atoms with Crippen LogP contribution in [0.4, 0.5) is 0 Å². The molecular formula is C4H4BrN3S. The molecule has 0 unspecified atom stereocenters. The number of nitrogen functional groups attached to an aromatic ring is 1. The summed E-state index contributed by atoms with van der Waals surface area (Å²) in [6.45, 7) is 0. The SMILES string of the molecule is N=C(N)c1csc(Br)n1. The van der Waals surface area contributed by atoms with Crippen LogP contribution in [0.1, 0.15) is 5.69 Å². The number of rotatable bonds is 1. The minimum Gasteiger partial charge on any atom is -0.382 e. The fourth-order valence-electron chi connectivity index (χ4n) is 0.376. The third-order valence-corrected chi connectivity index (χ3v) is 2.12. The Balaban J connectivity index is 2.98. The number of nitrogens with zero attached hydrogens (tertiary/aromatic N) is 1. The molecule has 3 nitrogen and oxygen atoms in total. The van der Waals surface area contributed by atoms with Gasteiger partial charge in [0.1, 0.15) is 11.5 Å². The average molecular weight is 206 g/mol. The standard InChI is InChI=1S/C4H4BrN3S/c5-4-8-2(1-9-4)3(6)7/h1H,(H3,6,7). The molecule has 0 saturated heterocycles. The van der Waals surface area contributed by atoms with E-state index in [9.17, 15) is 0 Å². The summed E-state index contributed by atoms with van der Waals surface area (Å²) in [6, 6.07) is 0. The molecule has 0 radical (unpaired) electrons. The molecule has 3 N–H and O–H groups in total. The van der Waals surface area contributed by atoms with E-state index < -0.39 is 0 Å². The molecule has 0 aromatic carbocycles. The molecule has 0 aliphatic rings. The fourth-order valence-corrected chi connectivity index (χ4v) is 1.39. The highest BCUT2D eigenvalue weighted by Gasteiger charge is 1.99. The van der Waals surface area contributed by atoms with E-state index >= 15 is 0 Å². The molecular weight excluding hydrogens is 202 g/mol. The predicted octanol–water partition coefficient (Wildman–Crippen LogP) is 1.19. The van der Waals surface area contributed by atoms with E-state index in [1.54, 1.807) is 5.38 Å². The number of amidine groups is 1. The number of nitrogens with two attached hydrogens (primary N) is 1. The highest BCUT2D eigenvalue weighted by molar-refractivity contribution is 9.11. The van der Waals surface area contributed by atoms with Crippen molar-refractivity contribution in [3.63, 3.8) is 0 Å². The van der Waals surface area contributed by atoms with Crippen molar-refractivity contribution in [3.05, 3.63) is 15.0 Å². The number of nitrogens with one attached hydrogen (secondary N) is 1. The van der Waals surface area contributed by atoms with Gasteiger partial charge in [-0.1, -0.05) is 0 Å². The maximum atomic E-state index is 6.95. The second-order valence-corrected chi connectivity index (χ2v) is 3.53. The van der Waals surface area contributed by atoms with E-state index in [2.05, 4.69) is 20.9 Å². The van der Waals surface area contributed by atoms with Crippen LogP contribution >= 0.6 is 27.3 Å². The van der Waals surface area contributed by atoms with Crippen LogP contribution in [0.3, 0.4) is 0 Å². The Morgan fingerprint density at radius 1 is 1.89 bits per heavy atom. The summed E-state index contributed by atoms with van der Waals surface area (Å²) in [7, 11) is 0. The number of hydrogen-bond donors (Lipinski definition) is 2. The van der Waals surface area contributed by atoms with Gasteiger partial charge in [0.25, 0.3) is 0 Å². The van der Waals surface area contributed by atoms with Gasteiger partial charge in [0.15, 0.2) is 3.92 Å². The molecule has 48 valence electrons. The molecule has 0 atom stereocenters. The van der Waals surface area contributed by atoms with Crippen LogP contribution in [0.15, 0.2) is 9.30 Å². The summed E-state index contributed by atoms with van der Waals surface area (Å²) < 4.78 is 0.757. The Bertz CT molecular complexity index is 231. The van der Waals surface area contributed by atoms with Gasteiger partial charge in [-0.15, -0.1) is 11.3 Å². The van der Waals surface area contributed by atoms with Gasteiger partial charge < -0.3 is 5.73 Å². The minimum atomic E-state index is 0.0111. The fraction of sp³-hybridized carbons (Fsp3) is 0.